The fraction of sp³-hybridized carbons (Fsp3) is 0.348. The van der Waals surface area contributed by atoms with E-state index in [1.165, 1.54) is 11.3 Å². The van der Waals surface area contributed by atoms with Crippen molar-refractivity contribution in [3.05, 3.63) is 64.8 Å². The zero-order valence-corrected chi connectivity index (χ0v) is 17.6. The van der Waals surface area contributed by atoms with E-state index in [-0.39, 0.29) is 0 Å². The van der Waals surface area contributed by atoms with Crippen molar-refractivity contribution in [2.75, 3.05) is 39.5 Å². The fourth-order valence-corrected chi connectivity index (χ4v) is 4.39. The number of thiazole rings is 1. The molecule has 0 amide bonds. The van der Waals surface area contributed by atoms with Gasteiger partial charge >= 0.3 is 0 Å². The average Bonchev–Trinajstić information content (AvgIpc) is 3.17. The van der Waals surface area contributed by atoms with Crippen LogP contribution in [0.15, 0.2) is 65.0 Å². The van der Waals surface area contributed by atoms with Crippen LogP contribution in [0.5, 0.6) is 5.75 Å². The van der Waals surface area contributed by atoms with E-state index in [9.17, 15) is 0 Å². The van der Waals surface area contributed by atoms with Crippen molar-refractivity contribution in [2.24, 2.45) is 4.99 Å². The van der Waals surface area contributed by atoms with E-state index >= 15 is 0 Å². The van der Waals surface area contributed by atoms with Crippen LogP contribution in [0.1, 0.15) is 6.92 Å². The number of hydrogen-bond acceptors (Lipinski definition) is 5. The first kappa shape index (κ1) is 19.9. The number of aromatic nitrogens is 1. The highest BCUT2D eigenvalue weighted by Gasteiger charge is 2.13. The highest BCUT2D eigenvalue weighted by atomic mass is 32.1. The van der Waals surface area contributed by atoms with Gasteiger partial charge in [-0.1, -0.05) is 18.2 Å². The predicted octanol–water partition coefficient (Wildman–Crippen LogP) is 4.18. The first-order valence-electron chi connectivity index (χ1n) is 10.1. The first-order valence-corrected chi connectivity index (χ1v) is 11.0. The summed E-state index contributed by atoms with van der Waals surface area (Å²) in [5, 5.41) is 2.21. The quantitative estimate of drug-likeness (QED) is 0.588. The third-order valence-corrected chi connectivity index (χ3v) is 5.85. The molecule has 0 aliphatic carbocycles. The molecule has 5 nitrogen and oxygen atoms in total. The van der Waals surface area contributed by atoms with Crippen LogP contribution < -0.4 is 9.54 Å². The Kier molecular flexibility index (Phi) is 6.77. The summed E-state index contributed by atoms with van der Waals surface area (Å²) < 4.78 is 13.4. The summed E-state index contributed by atoms with van der Waals surface area (Å²) in [6, 6.07) is 18.5. The largest absolute Gasteiger partial charge is 0.494 e. The van der Waals surface area contributed by atoms with E-state index < -0.39 is 0 Å². The molecule has 152 valence electrons. The Bertz CT molecular complexity index is 958. The molecule has 4 rings (SSSR count). The van der Waals surface area contributed by atoms with Crippen LogP contribution in [0, 0.1) is 0 Å². The molecule has 1 aromatic heterocycles. The van der Waals surface area contributed by atoms with Crippen molar-refractivity contribution >= 4 is 17.0 Å². The lowest BCUT2D eigenvalue weighted by molar-refractivity contribution is 0.0363. The van der Waals surface area contributed by atoms with Gasteiger partial charge in [0.25, 0.3) is 0 Å². The van der Waals surface area contributed by atoms with E-state index in [0.717, 1.165) is 55.6 Å². The summed E-state index contributed by atoms with van der Waals surface area (Å²) in [6.45, 7) is 8.20. The molecule has 0 bridgehead atoms. The van der Waals surface area contributed by atoms with Crippen LogP contribution in [0.4, 0.5) is 5.69 Å². The van der Waals surface area contributed by atoms with Gasteiger partial charge in [-0.3, -0.25) is 4.90 Å². The van der Waals surface area contributed by atoms with Gasteiger partial charge in [-0.2, -0.15) is 0 Å². The second-order valence-corrected chi connectivity index (χ2v) is 7.75. The maximum absolute atomic E-state index is 5.60. The Labute approximate surface area is 175 Å². The van der Waals surface area contributed by atoms with Crippen molar-refractivity contribution < 1.29 is 9.47 Å². The molecule has 0 atom stereocenters. The summed E-state index contributed by atoms with van der Waals surface area (Å²) >= 11 is 1.69. The van der Waals surface area contributed by atoms with E-state index in [1.807, 2.05) is 49.4 Å². The molecule has 2 aromatic carbocycles. The van der Waals surface area contributed by atoms with E-state index in [4.69, 9.17) is 14.5 Å². The molecule has 0 saturated carbocycles. The van der Waals surface area contributed by atoms with Gasteiger partial charge in [-0.05, 0) is 48.9 Å². The molecule has 6 heteroatoms. The number of morpholine rings is 1. The van der Waals surface area contributed by atoms with Crippen LogP contribution in [-0.2, 0) is 11.3 Å². The molecular formula is C23H27N3O2S. The Morgan fingerprint density at radius 3 is 2.48 bits per heavy atom. The normalized spacial score (nSPS) is 15.6. The van der Waals surface area contributed by atoms with Gasteiger partial charge in [-0.15, -0.1) is 11.3 Å². The van der Waals surface area contributed by atoms with Crippen LogP contribution in [0.2, 0.25) is 0 Å². The third-order valence-electron chi connectivity index (χ3n) is 4.98. The molecule has 1 fully saturated rings. The molecule has 0 N–H and O–H groups in total. The molecule has 1 saturated heterocycles. The van der Waals surface area contributed by atoms with Crippen LogP contribution in [0.25, 0.3) is 11.3 Å². The smallest absolute Gasteiger partial charge is 0.190 e. The monoisotopic (exact) mass is 409 g/mol. The molecule has 1 aliphatic heterocycles. The van der Waals surface area contributed by atoms with Gasteiger partial charge in [0.15, 0.2) is 4.80 Å². The zero-order valence-electron chi connectivity index (χ0n) is 16.8. The third kappa shape index (κ3) is 5.15. The Balaban J connectivity index is 1.65. The van der Waals surface area contributed by atoms with Crippen molar-refractivity contribution in [1.29, 1.82) is 0 Å². The molecule has 2 heterocycles. The Morgan fingerprint density at radius 1 is 1.00 bits per heavy atom. The van der Waals surface area contributed by atoms with Gasteiger partial charge in [0.2, 0.25) is 0 Å². The van der Waals surface area contributed by atoms with Gasteiger partial charge in [-0.25, -0.2) is 4.99 Å². The molecule has 1 aliphatic rings. The minimum absolute atomic E-state index is 0.678. The highest BCUT2D eigenvalue weighted by molar-refractivity contribution is 7.07. The van der Waals surface area contributed by atoms with Crippen molar-refractivity contribution in [2.45, 2.75) is 13.5 Å². The first-order chi connectivity index (χ1) is 14.3. The van der Waals surface area contributed by atoms with Gasteiger partial charge in [0.1, 0.15) is 5.75 Å². The number of ether oxygens (including phenoxy) is 2. The lowest BCUT2D eigenvalue weighted by Gasteiger charge is -2.26. The summed E-state index contributed by atoms with van der Waals surface area (Å²) in [6.07, 6.45) is 0. The average molecular weight is 410 g/mol. The topological polar surface area (TPSA) is 39.0 Å². The predicted molar refractivity (Wildman–Crippen MR) is 118 cm³/mol. The van der Waals surface area contributed by atoms with Crippen LogP contribution in [-0.4, -0.2) is 48.9 Å². The number of rotatable bonds is 7. The van der Waals surface area contributed by atoms with Crippen molar-refractivity contribution in [1.82, 2.24) is 9.47 Å². The van der Waals surface area contributed by atoms with Gasteiger partial charge in [0.05, 0.1) is 31.2 Å². The van der Waals surface area contributed by atoms with Crippen molar-refractivity contribution in [3.63, 3.8) is 0 Å². The van der Waals surface area contributed by atoms with E-state index in [0.29, 0.717) is 6.61 Å². The zero-order chi connectivity index (χ0) is 19.9. The Hall–Kier alpha value is -2.41. The summed E-state index contributed by atoms with van der Waals surface area (Å²) in [7, 11) is 0. The van der Waals surface area contributed by atoms with Gasteiger partial charge in [0, 0.05) is 31.6 Å². The summed E-state index contributed by atoms with van der Waals surface area (Å²) in [5.74, 6) is 0.903. The second kappa shape index (κ2) is 9.87. The standard InChI is InChI=1S/C23H27N3O2S/c1-2-28-21-10-8-19(9-11-21)22-18-29-23(24-20-6-4-3-5-7-20)26(22)13-12-25-14-16-27-17-15-25/h3-11,18H,2,12-17H2,1H3. The van der Waals surface area contributed by atoms with E-state index in [1.54, 1.807) is 11.3 Å². The molecule has 29 heavy (non-hydrogen) atoms. The Morgan fingerprint density at radius 2 is 1.76 bits per heavy atom. The molecule has 3 aromatic rings. The summed E-state index contributed by atoms with van der Waals surface area (Å²) in [4.78, 5) is 8.39. The van der Waals surface area contributed by atoms with Crippen LogP contribution >= 0.6 is 11.3 Å². The second-order valence-electron chi connectivity index (χ2n) is 6.91. The maximum atomic E-state index is 5.60. The summed E-state index contributed by atoms with van der Waals surface area (Å²) in [5.41, 5.74) is 3.36. The number of nitrogens with zero attached hydrogens (tertiary/aromatic N) is 3. The van der Waals surface area contributed by atoms with Gasteiger partial charge < -0.3 is 14.0 Å². The highest BCUT2D eigenvalue weighted by Crippen LogP contribution is 2.24. The minimum atomic E-state index is 0.678. The number of hydrogen-bond donors (Lipinski definition) is 0. The fourth-order valence-electron chi connectivity index (χ4n) is 3.43. The number of benzene rings is 2. The molecule has 0 radical (unpaired) electrons. The maximum Gasteiger partial charge on any atom is 0.190 e. The lowest BCUT2D eigenvalue weighted by Crippen LogP contribution is -2.39. The van der Waals surface area contributed by atoms with E-state index in [2.05, 4.69) is 27.0 Å². The molecule has 0 spiro atoms. The molecule has 0 unspecified atom stereocenters. The van der Waals surface area contributed by atoms with Crippen molar-refractivity contribution in [3.8, 4) is 17.0 Å². The molecular weight excluding hydrogens is 382 g/mol. The van der Waals surface area contributed by atoms with Crippen LogP contribution in [0.3, 0.4) is 0 Å². The lowest BCUT2D eigenvalue weighted by atomic mass is 10.1. The minimum Gasteiger partial charge on any atom is -0.494 e. The SMILES string of the molecule is CCOc1ccc(-c2csc(=Nc3ccccc3)n2CCN2CCOCC2)cc1. The number of para-hydroxylation sites is 1.